The van der Waals surface area contributed by atoms with Gasteiger partial charge >= 0.3 is 0 Å². The zero-order valence-electron chi connectivity index (χ0n) is 27.9. The van der Waals surface area contributed by atoms with Crippen molar-refractivity contribution in [2.24, 2.45) is 23.2 Å². The summed E-state index contributed by atoms with van der Waals surface area (Å²) in [4.78, 5) is 29.6. The summed E-state index contributed by atoms with van der Waals surface area (Å²) < 4.78 is 35.7. The van der Waals surface area contributed by atoms with Crippen LogP contribution in [0.4, 0.5) is 5.69 Å². The maximum absolute atomic E-state index is 15.0. The van der Waals surface area contributed by atoms with Gasteiger partial charge in [-0.2, -0.15) is 5.10 Å². The number of benzene rings is 2. The number of hydrogen-bond acceptors (Lipinski definition) is 8. The minimum Gasteiger partial charge on any atom is -0.490 e. The number of aliphatic hydroxyl groups is 1. The van der Waals surface area contributed by atoms with Crippen LogP contribution >= 0.6 is 11.6 Å². The fourth-order valence-corrected chi connectivity index (χ4v) is 9.37. The Labute approximate surface area is 291 Å². The van der Waals surface area contributed by atoms with E-state index in [1.54, 1.807) is 37.4 Å². The van der Waals surface area contributed by atoms with E-state index in [2.05, 4.69) is 31.2 Å². The number of nitrogens with zero attached hydrogens (tertiary/aromatic N) is 4. The number of carbonyl (C=O) groups is 2. The van der Waals surface area contributed by atoms with Crippen molar-refractivity contribution < 1.29 is 28.4 Å². The van der Waals surface area contributed by atoms with E-state index in [4.69, 9.17) is 21.1 Å². The highest BCUT2D eigenvalue weighted by molar-refractivity contribution is 7.92. The number of hydrogen-bond donors (Lipinski definition) is 2. The van der Waals surface area contributed by atoms with E-state index in [-0.39, 0.29) is 34.3 Å². The van der Waals surface area contributed by atoms with Crippen molar-refractivity contribution >= 4 is 39.0 Å². The summed E-state index contributed by atoms with van der Waals surface area (Å²) >= 11 is 6.44. The van der Waals surface area contributed by atoms with E-state index >= 15 is 0 Å². The van der Waals surface area contributed by atoms with Crippen LogP contribution in [0.25, 0.3) is 0 Å². The summed E-state index contributed by atoms with van der Waals surface area (Å²) in [6.07, 6.45) is 10.3. The molecule has 1 spiro atoms. The Morgan fingerprint density at radius 2 is 2.02 bits per heavy atom. The molecule has 0 saturated heterocycles. The van der Waals surface area contributed by atoms with Gasteiger partial charge in [0.2, 0.25) is 0 Å². The van der Waals surface area contributed by atoms with Crippen LogP contribution in [0.15, 0.2) is 70.2 Å². The Bertz CT molecular complexity index is 1950. The second kappa shape index (κ2) is 12.9. The number of fused-ring (bicyclic) bond motifs is 4. The van der Waals surface area contributed by atoms with Crippen molar-refractivity contribution in [1.29, 1.82) is 0 Å². The third-order valence-corrected chi connectivity index (χ3v) is 12.5. The van der Waals surface area contributed by atoms with Gasteiger partial charge in [-0.05, 0) is 99.2 Å². The molecule has 1 saturated carbocycles. The third kappa shape index (κ3) is 6.51. The summed E-state index contributed by atoms with van der Waals surface area (Å²) in [6, 6.07) is 11.2. The van der Waals surface area contributed by atoms with Crippen LogP contribution < -0.4 is 14.4 Å². The molecule has 5 atom stereocenters. The summed E-state index contributed by atoms with van der Waals surface area (Å²) in [6.45, 7) is 4.80. The Kier molecular flexibility index (Phi) is 8.87. The molecule has 1 fully saturated rings. The van der Waals surface area contributed by atoms with Crippen molar-refractivity contribution in [2.75, 3.05) is 31.2 Å². The Balaban J connectivity index is 1.37. The topological polar surface area (TPSA) is 135 Å². The molecule has 49 heavy (non-hydrogen) atoms. The summed E-state index contributed by atoms with van der Waals surface area (Å²) in [5.74, 6) is -0.652. The minimum absolute atomic E-state index is 0.0419. The number of ether oxygens (including phenoxy) is 2. The molecule has 2 aliphatic carbocycles. The zero-order chi connectivity index (χ0) is 34.6. The first-order chi connectivity index (χ1) is 23.4. The maximum Gasteiger partial charge on any atom is 0.287 e. The van der Waals surface area contributed by atoms with E-state index in [0.29, 0.717) is 36.2 Å². The smallest absolute Gasteiger partial charge is 0.287 e. The molecule has 2 aromatic carbocycles. The minimum atomic E-state index is -3.89. The van der Waals surface area contributed by atoms with Crippen LogP contribution in [0.5, 0.6) is 5.75 Å². The molecule has 4 aliphatic rings. The first-order valence-electron chi connectivity index (χ1n) is 16.8. The Hall–Kier alpha value is -3.71. The second-order valence-electron chi connectivity index (χ2n) is 14.2. The molecule has 1 aromatic heterocycles. The lowest BCUT2D eigenvalue weighted by Gasteiger charge is -2.45. The number of aromatic nitrogens is 2. The lowest BCUT2D eigenvalue weighted by atomic mass is 9.68. The number of carbonyl (C=O) groups excluding carboxylic acids is 2. The molecule has 7 rings (SSSR count). The van der Waals surface area contributed by atoms with Crippen LogP contribution in [0.1, 0.15) is 61.0 Å². The van der Waals surface area contributed by atoms with Crippen LogP contribution in [0.2, 0.25) is 5.02 Å². The highest BCUT2D eigenvalue weighted by atomic mass is 35.5. The van der Waals surface area contributed by atoms with Crippen LogP contribution in [-0.2, 0) is 38.3 Å². The molecule has 2 N–H and O–H groups in total. The monoisotopic (exact) mass is 707 g/mol. The molecule has 13 heteroatoms. The number of anilines is 1. The van der Waals surface area contributed by atoms with Crippen molar-refractivity contribution in [3.8, 4) is 5.75 Å². The van der Waals surface area contributed by atoms with Gasteiger partial charge in [-0.25, -0.2) is 4.21 Å². The van der Waals surface area contributed by atoms with Crippen molar-refractivity contribution in [3.05, 3.63) is 82.7 Å². The lowest BCUT2D eigenvalue weighted by molar-refractivity contribution is -0.137. The predicted octanol–water partition coefficient (Wildman–Crippen LogP) is 5.00. The SMILES string of the molecule is Cn1cc(C(=O)NS2(=O)=NC(=O)C(C)(C)OCC=C[C@H](O)[C@@H]3CC[C@H]3CN3C[C@@]4(CCCc5cc(Cl)ccc54)COc4ccc2cc43)cn1. The van der Waals surface area contributed by atoms with Gasteiger partial charge in [-0.1, -0.05) is 29.8 Å². The number of aliphatic hydroxyl groups excluding tert-OH is 1. The highest BCUT2D eigenvalue weighted by Gasteiger charge is 2.44. The second-order valence-corrected chi connectivity index (χ2v) is 16.6. The molecular formula is C36H42ClN5O6S. The molecular weight excluding hydrogens is 666 g/mol. The molecule has 0 radical (unpaired) electrons. The normalized spacial score (nSPS) is 29.4. The van der Waals surface area contributed by atoms with E-state index in [1.807, 2.05) is 6.07 Å². The van der Waals surface area contributed by atoms with Gasteiger partial charge in [-0.15, -0.1) is 4.36 Å². The van der Waals surface area contributed by atoms with Crippen molar-refractivity contribution in [1.82, 2.24) is 14.5 Å². The molecule has 2 aliphatic heterocycles. The highest BCUT2D eigenvalue weighted by Crippen LogP contribution is 2.47. The lowest BCUT2D eigenvalue weighted by Crippen LogP contribution is -2.49. The molecule has 3 heterocycles. The molecule has 2 bridgehead atoms. The Morgan fingerprint density at radius 3 is 2.78 bits per heavy atom. The average Bonchev–Trinajstić information content (AvgIpc) is 3.43. The first kappa shape index (κ1) is 33.8. The van der Waals surface area contributed by atoms with Crippen molar-refractivity contribution in [2.45, 2.75) is 68.0 Å². The Morgan fingerprint density at radius 1 is 1.18 bits per heavy atom. The average molecular weight is 708 g/mol. The van der Waals surface area contributed by atoms with Gasteiger partial charge in [0.25, 0.3) is 11.8 Å². The third-order valence-electron chi connectivity index (χ3n) is 10.5. The van der Waals surface area contributed by atoms with Crippen LogP contribution in [-0.4, -0.2) is 68.9 Å². The maximum atomic E-state index is 15.0. The number of rotatable bonds is 2. The van der Waals surface area contributed by atoms with E-state index < -0.39 is 33.4 Å². The van der Waals surface area contributed by atoms with E-state index in [0.717, 1.165) is 32.1 Å². The number of nitrogens with one attached hydrogen (secondary N) is 1. The van der Waals surface area contributed by atoms with Gasteiger partial charge < -0.3 is 19.5 Å². The summed E-state index contributed by atoms with van der Waals surface area (Å²) in [5.41, 5.74) is 1.48. The number of aryl methyl sites for hydroxylation is 2. The van der Waals surface area contributed by atoms with Crippen LogP contribution in [0, 0.1) is 11.8 Å². The predicted molar refractivity (Wildman–Crippen MR) is 186 cm³/mol. The van der Waals surface area contributed by atoms with E-state index in [9.17, 15) is 18.9 Å². The molecule has 3 aromatic rings. The molecule has 11 nitrogen and oxygen atoms in total. The fraction of sp³-hybridized carbons (Fsp3) is 0.472. The van der Waals surface area contributed by atoms with Gasteiger partial charge in [0.1, 0.15) is 11.4 Å². The van der Waals surface area contributed by atoms with Gasteiger partial charge in [0.05, 0.1) is 41.7 Å². The zero-order valence-corrected chi connectivity index (χ0v) is 29.5. The molecule has 2 amide bonds. The quantitative estimate of drug-likeness (QED) is 0.356. The number of amides is 2. The number of halogens is 1. The first-order valence-corrected chi connectivity index (χ1v) is 18.7. The summed E-state index contributed by atoms with van der Waals surface area (Å²) in [7, 11) is -2.22. The van der Waals surface area contributed by atoms with Gasteiger partial charge in [0, 0.05) is 36.8 Å². The van der Waals surface area contributed by atoms with Crippen molar-refractivity contribution in [3.63, 3.8) is 0 Å². The van der Waals surface area contributed by atoms with Gasteiger partial charge in [-0.3, -0.25) is 19.0 Å². The fourth-order valence-electron chi connectivity index (χ4n) is 7.56. The summed E-state index contributed by atoms with van der Waals surface area (Å²) in [5, 5.41) is 16.0. The van der Waals surface area contributed by atoms with E-state index in [1.165, 1.54) is 42.0 Å². The van der Waals surface area contributed by atoms with Crippen LogP contribution in [0.3, 0.4) is 0 Å². The molecule has 1 unspecified atom stereocenters. The van der Waals surface area contributed by atoms with Gasteiger partial charge in [0.15, 0.2) is 9.92 Å². The standard InChI is InChI=1S/C36H42ClN5O6S/c1-35(2)34(45)40-49(46,39-33(44)25-18-38-41(3)19-25)27-10-13-32-30(17-27)42(20-24-8-11-28(24)31(43)7-5-15-48-35)21-36(22-47-32)14-4-6-23-16-26(37)9-12-29(23)36/h5,7,9-10,12-13,16-19,24,28,31,43H,4,6,8,11,14-15,20-22H2,1-3H3,(H,39,40,44,45,46)/t24-,28+,31-,36-,49?/m0/s1. The largest absolute Gasteiger partial charge is 0.490 e. The molecule has 260 valence electrons.